The van der Waals surface area contributed by atoms with Crippen molar-refractivity contribution in [2.45, 2.75) is 32.9 Å². The fourth-order valence-corrected chi connectivity index (χ4v) is 5.03. The van der Waals surface area contributed by atoms with Gasteiger partial charge < -0.3 is 0 Å². The van der Waals surface area contributed by atoms with Crippen molar-refractivity contribution in [3.8, 4) is 10.8 Å². The van der Waals surface area contributed by atoms with E-state index in [1.54, 1.807) is 17.5 Å². The van der Waals surface area contributed by atoms with Crippen molar-refractivity contribution in [3.05, 3.63) is 70.2 Å². The number of benzene rings is 1. The molecule has 0 aliphatic rings. The first-order chi connectivity index (χ1) is 14.0. The van der Waals surface area contributed by atoms with Crippen molar-refractivity contribution in [3.63, 3.8) is 0 Å². The Morgan fingerprint density at radius 3 is 2.62 bits per heavy atom. The second-order valence-corrected chi connectivity index (χ2v) is 8.61. The van der Waals surface area contributed by atoms with E-state index in [0.29, 0.717) is 5.75 Å². The molecule has 3 aromatic heterocycles. The van der Waals surface area contributed by atoms with Crippen LogP contribution >= 0.6 is 23.1 Å². The molecule has 0 unspecified atom stereocenters. The maximum Gasteiger partial charge on any atom is 0.196 e. The minimum atomic E-state index is 0.0721. The van der Waals surface area contributed by atoms with E-state index >= 15 is 0 Å². The molecule has 0 aliphatic carbocycles. The second-order valence-electron chi connectivity index (χ2n) is 6.80. The van der Waals surface area contributed by atoms with Crippen LogP contribution < -0.4 is 0 Å². The predicted molar refractivity (Wildman–Crippen MR) is 117 cm³/mol. The molecule has 1 aromatic carbocycles. The molecule has 8 heteroatoms. The molecule has 0 spiro atoms. The van der Waals surface area contributed by atoms with E-state index in [1.807, 2.05) is 59.6 Å². The number of hydrogen-bond acceptors (Lipinski definition) is 6. The number of aryl methyl sites for hydroxylation is 3. The number of rotatable bonds is 6. The summed E-state index contributed by atoms with van der Waals surface area (Å²) in [5.74, 6) is 1.17. The molecule has 3 heterocycles. The van der Waals surface area contributed by atoms with Crippen molar-refractivity contribution >= 4 is 28.9 Å². The van der Waals surface area contributed by atoms with E-state index < -0.39 is 0 Å². The first kappa shape index (κ1) is 19.6. The number of thioether (sulfide) groups is 1. The normalized spacial score (nSPS) is 11.2. The van der Waals surface area contributed by atoms with Gasteiger partial charge in [-0.25, -0.2) is 4.98 Å². The van der Waals surface area contributed by atoms with Crippen molar-refractivity contribution < 1.29 is 4.79 Å². The van der Waals surface area contributed by atoms with Gasteiger partial charge in [0.15, 0.2) is 16.1 Å². The maximum atomic E-state index is 13.0. The van der Waals surface area contributed by atoms with Crippen LogP contribution in [-0.2, 0) is 0 Å². The summed E-state index contributed by atoms with van der Waals surface area (Å²) in [4.78, 5) is 17.4. The summed E-state index contributed by atoms with van der Waals surface area (Å²) >= 11 is 2.97. The van der Waals surface area contributed by atoms with Crippen LogP contribution in [-0.4, -0.2) is 35.9 Å². The quantitative estimate of drug-likeness (QED) is 0.331. The van der Waals surface area contributed by atoms with Gasteiger partial charge in [-0.15, -0.1) is 21.5 Å². The molecule has 0 saturated carbocycles. The Morgan fingerprint density at radius 2 is 1.90 bits per heavy atom. The van der Waals surface area contributed by atoms with E-state index in [2.05, 4.69) is 28.2 Å². The van der Waals surface area contributed by atoms with Gasteiger partial charge in [-0.3, -0.25) is 13.9 Å². The van der Waals surface area contributed by atoms with Gasteiger partial charge in [-0.2, -0.15) is 0 Å². The number of ketones is 1. The average molecular weight is 424 g/mol. The molecule has 6 nitrogen and oxygen atoms in total. The third-order valence-corrected chi connectivity index (χ3v) is 6.51. The summed E-state index contributed by atoms with van der Waals surface area (Å²) in [5.41, 5.74) is 4.82. The van der Waals surface area contributed by atoms with Crippen molar-refractivity contribution in [1.29, 1.82) is 0 Å². The second kappa shape index (κ2) is 7.96. The Labute approximate surface area is 177 Å². The van der Waals surface area contributed by atoms with Gasteiger partial charge in [0.2, 0.25) is 0 Å². The number of aromatic nitrogens is 5. The molecule has 4 rings (SSSR count). The van der Waals surface area contributed by atoms with Crippen LogP contribution in [0.15, 0.2) is 47.1 Å². The van der Waals surface area contributed by atoms with Gasteiger partial charge in [0.1, 0.15) is 5.82 Å². The van der Waals surface area contributed by atoms with Crippen LogP contribution in [0.3, 0.4) is 0 Å². The van der Waals surface area contributed by atoms with Crippen LogP contribution in [0.25, 0.3) is 10.8 Å². The minimum Gasteiger partial charge on any atom is -0.294 e. The highest BCUT2D eigenvalue weighted by molar-refractivity contribution is 7.99. The summed E-state index contributed by atoms with van der Waals surface area (Å²) in [6.07, 6.45) is 1.77. The van der Waals surface area contributed by atoms with Gasteiger partial charge in [0.05, 0.1) is 11.4 Å². The van der Waals surface area contributed by atoms with E-state index in [4.69, 9.17) is 0 Å². The van der Waals surface area contributed by atoms with Crippen LogP contribution in [0.4, 0.5) is 0 Å². The third-order valence-electron chi connectivity index (χ3n) is 4.83. The zero-order valence-electron chi connectivity index (χ0n) is 16.7. The molecule has 0 N–H and O–H groups in total. The van der Waals surface area contributed by atoms with Gasteiger partial charge >= 0.3 is 0 Å². The Bertz CT molecular complexity index is 1170. The van der Waals surface area contributed by atoms with Gasteiger partial charge in [0, 0.05) is 28.5 Å². The summed E-state index contributed by atoms with van der Waals surface area (Å²) < 4.78 is 4.04. The summed E-state index contributed by atoms with van der Waals surface area (Å²) in [5, 5.41) is 12.1. The Hall–Kier alpha value is -2.71. The summed E-state index contributed by atoms with van der Waals surface area (Å²) in [6, 6.07) is 10.0. The molecular weight excluding hydrogens is 402 g/mol. The monoisotopic (exact) mass is 423 g/mol. The third kappa shape index (κ3) is 3.65. The van der Waals surface area contributed by atoms with Crippen LogP contribution in [0.1, 0.15) is 33.1 Å². The zero-order valence-corrected chi connectivity index (χ0v) is 18.3. The highest BCUT2D eigenvalue weighted by Gasteiger charge is 2.20. The number of Topliss-reactive ketones (excluding diaryl/α,β-unsaturated/α-hetero) is 1. The molecule has 0 radical (unpaired) electrons. The molecule has 0 amide bonds. The molecule has 0 atom stereocenters. The molecule has 0 bridgehead atoms. The van der Waals surface area contributed by atoms with Gasteiger partial charge in [-0.05, 0) is 45.4 Å². The van der Waals surface area contributed by atoms with Crippen molar-refractivity contribution in [2.24, 2.45) is 0 Å². The SMILES string of the molecule is Cc1ccccc1-n1c(C)nnc1SCC(=O)c1cc(C)n(-c2nccs2)c1C. The number of thiazole rings is 1. The van der Waals surface area contributed by atoms with Gasteiger partial charge in [0.25, 0.3) is 0 Å². The Kier molecular flexibility index (Phi) is 5.38. The van der Waals surface area contributed by atoms with Crippen molar-refractivity contribution in [2.75, 3.05) is 5.75 Å². The molecular formula is C21H21N5OS2. The largest absolute Gasteiger partial charge is 0.294 e. The standard InChI is InChI=1S/C21H21N5OS2/c1-13-7-5-6-8-18(13)26-16(4)23-24-21(26)29-12-19(27)17-11-14(2)25(15(17)3)20-22-9-10-28-20/h5-11H,12H2,1-4H3. The first-order valence-electron chi connectivity index (χ1n) is 9.20. The Morgan fingerprint density at radius 1 is 1.10 bits per heavy atom. The fraction of sp³-hybridized carbons (Fsp3) is 0.238. The molecule has 0 saturated heterocycles. The predicted octanol–water partition coefficient (Wildman–Crippen LogP) is 4.72. The van der Waals surface area contributed by atoms with E-state index in [-0.39, 0.29) is 5.78 Å². The highest BCUT2D eigenvalue weighted by Crippen LogP contribution is 2.27. The summed E-state index contributed by atoms with van der Waals surface area (Å²) in [7, 11) is 0. The lowest BCUT2D eigenvalue weighted by Crippen LogP contribution is -2.07. The summed E-state index contributed by atoms with van der Waals surface area (Å²) in [6.45, 7) is 7.94. The fourth-order valence-electron chi connectivity index (χ4n) is 3.40. The van der Waals surface area contributed by atoms with Crippen LogP contribution in [0.5, 0.6) is 0 Å². The van der Waals surface area contributed by atoms with Crippen LogP contribution in [0.2, 0.25) is 0 Å². The highest BCUT2D eigenvalue weighted by atomic mass is 32.2. The lowest BCUT2D eigenvalue weighted by Gasteiger charge is -2.11. The number of nitrogens with zero attached hydrogens (tertiary/aromatic N) is 5. The lowest BCUT2D eigenvalue weighted by atomic mass is 10.2. The molecule has 0 aliphatic heterocycles. The number of carbonyl (C=O) groups is 1. The number of carbonyl (C=O) groups excluding carboxylic acids is 1. The van der Waals surface area contributed by atoms with E-state index in [9.17, 15) is 4.79 Å². The lowest BCUT2D eigenvalue weighted by molar-refractivity contribution is 0.102. The van der Waals surface area contributed by atoms with Crippen molar-refractivity contribution in [1.82, 2.24) is 24.3 Å². The van der Waals surface area contributed by atoms with Gasteiger partial charge in [-0.1, -0.05) is 30.0 Å². The topological polar surface area (TPSA) is 65.6 Å². The average Bonchev–Trinajstić information content (AvgIpc) is 3.41. The van der Waals surface area contributed by atoms with E-state index in [0.717, 1.165) is 44.3 Å². The minimum absolute atomic E-state index is 0.0721. The maximum absolute atomic E-state index is 13.0. The van der Waals surface area contributed by atoms with E-state index in [1.165, 1.54) is 11.8 Å². The first-order valence-corrected chi connectivity index (χ1v) is 11.1. The molecule has 148 valence electrons. The molecule has 29 heavy (non-hydrogen) atoms. The number of para-hydroxylation sites is 1. The molecule has 4 aromatic rings. The number of hydrogen-bond donors (Lipinski definition) is 0. The molecule has 0 fully saturated rings. The smallest absolute Gasteiger partial charge is 0.196 e. The van der Waals surface area contributed by atoms with Crippen LogP contribution in [0, 0.1) is 27.7 Å². The zero-order chi connectivity index (χ0) is 20.5. The Balaban J connectivity index is 1.58.